The van der Waals surface area contributed by atoms with Crippen LogP contribution < -0.4 is 5.32 Å². The number of carbonyl (C=O) groups is 1. The number of nitrogens with one attached hydrogen (secondary N) is 1. The van der Waals surface area contributed by atoms with E-state index in [0.717, 1.165) is 16.1 Å². The number of rotatable bonds is 4. The second-order valence-corrected chi connectivity index (χ2v) is 6.51. The number of carbonyl (C=O) groups excluding carboxylic acids is 1. The molecule has 0 aliphatic rings. The summed E-state index contributed by atoms with van der Waals surface area (Å²) in [5.74, 6) is 0.0422. The molecule has 0 atom stereocenters. The van der Waals surface area contributed by atoms with E-state index in [1.54, 1.807) is 29.2 Å². The lowest BCUT2D eigenvalue weighted by atomic mass is 10.1. The Balaban J connectivity index is 1.67. The molecule has 3 aromatic heterocycles. The third-order valence-electron chi connectivity index (χ3n) is 3.71. The van der Waals surface area contributed by atoms with Gasteiger partial charge in [-0.1, -0.05) is 0 Å². The van der Waals surface area contributed by atoms with Crippen LogP contribution in [-0.2, 0) is 11.3 Å². The van der Waals surface area contributed by atoms with Gasteiger partial charge in [0.1, 0.15) is 23.9 Å². The molecule has 4 aromatic rings. The minimum absolute atomic E-state index is 0.105. The van der Waals surface area contributed by atoms with Crippen LogP contribution in [0.5, 0.6) is 0 Å². The number of hydrogen-bond donors (Lipinski definition) is 1. The Hall–Kier alpha value is -3.00. The third kappa shape index (κ3) is 3.03. The van der Waals surface area contributed by atoms with E-state index in [9.17, 15) is 9.18 Å². The first-order valence-corrected chi connectivity index (χ1v) is 8.48. The zero-order chi connectivity index (χ0) is 17.4. The van der Waals surface area contributed by atoms with Gasteiger partial charge in [-0.2, -0.15) is 5.10 Å². The number of imidazole rings is 1. The van der Waals surface area contributed by atoms with Gasteiger partial charge >= 0.3 is 0 Å². The highest BCUT2D eigenvalue weighted by molar-refractivity contribution is 7.15. The Bertz CT molecular complexity index is 1050. The third-order valence-corrected chi connectivity index (χ3v) is 4.46. The second-order valence-electron chi connectivity index (χ2n) is 5.63. The predicted octanol–water partition coefficient (Wildman–Crippen LogP) is 3.35. The summed E-state index contributed by atoms with van der Waals surface area (Å²) >= 11 is 1.46. The van der Waals surface area contributed by atoms with Crippen molar-refractivity contribution in [1.29, 1.82) is 0 Å². The number of aryl methyl sites for hydroxylation is 1. The molecule has 25 heavy (non-hydrogen) atoms. The minimum Gasteiger partial charge on any atom is -0.308 e. The molecule has 0 saturated carbocycles. The van der Waals surface area contributed by atoms with E-state index in [2.05, 4.69) is 15.4 Å². The summed E-state index contributed by atoms with van der Waals surface area (Å²) in [5, 5.41) is 8.92. The molecule has 1 amide bonds. The van der Waals surface area contributed by atoms with Crippen molar-refractivity contribution in [3.05, 3.63) is 59.6 Å². The SMILES string of the molecule is Cc1cnn(CC(=O)Nc2c(-c3ccc(F)cc3)nc3sccn23)c1. The van der Waals surface area contributed by atoms with E-state index in [-0.39, 0.29) is 18.3 Å². The minimum atomic E-state index is -0.315. The van der Waals surface area contributed by atoms with Gasteiger partial charge in [0.15, 0.2) is 4.96 Å². The van der Waals surface area contributed by atoms with Crippen molar-refractivity contribution >= 4 is 28.0 Å². The van der Waals surface area contributed by atoms with Crippen LogP contribution in [0.2, 0.25) is 0 Å². The highest BCUT2D eigenvalue weighted by Gasteiger charge is 2.17. The molecule has 8 heteroatoms. The standard InChI is InChI=1S/C17H14FN5OS/c1-11-8-19-22(9-11)10-14(24)20-16-15(12-2-4-13(18)5-3-12)21-17-23(16)6-7-25-17/h2-9H,10H2,1H3,(H,20,24). The zero-order valence-electron chi connectivity index (χ0n) is 13.3. The normalized spacial score (nSPS) is 11.1. The maximum atomic E-state index is 13.2. The number of nitrogens with zero attached hydrogens (tertiary/aromatic N) is 4. The fourth-order valence-corrected chi connectivity index (χ4v) is 3.30. The Labute approximate surface area is 146 Å². The van der Waals surface area contributed by atoms with Crippen molar-refractivity contribution in [2.24, 2.45) is 0 Å². The first-order chi connectivity index (χ1) is 12.1. The molecule has 126 valence electrons. The number of thiazole rings is 1. The van der Waals surface area contributed by atoms with Gasteiger partial charge in [-0.05, 0) is 36.8 Å². The number of amides is 1. The smallest absolute Gasteiger partial charge is 0.247 e. The lowest BCUT2D eigenvalue weighted by molar-refractivity contribution is -0.116. The Morgan fingerprint density at radius 1 is 1.32 bits per heavy atom. The Kier molecular flexibility index (Phi) is 3.81. The highest BCUT2D eigenvalue weighted by atomic mass is 32.1. The number of halogens is 1. The van der Waals surface area contributed by atoms with Crippen LogP contribution >= 0.6 is 11.3 Å². The largest absolute Gasteiger partial charge is 0.308 e. The van der Waals surface area contributed by atoms with Crippen molar-refractivity contribution in [2.45, 2.75) is 13.5 Å². The van der Waals surface area contributed by atoms with E-state index in [0.29, 0.717) is 11.5 Å². The zero-order valence-corrected chi connectivity index (χ0v) is 14.1. The Morgan fingerprint density at radius 3 is 2.84 bits per heavy atom. The van der Waals surface area contributed by atoms with E-state index in [1.807, 2.05) is 22.9 Å². The van der Waals surface area contributed by atoms with Crippen LogP contribution in [0.15, 0.2) is 48.2 Å². The summed E-state index contributed by atoms with van der Waals surface area (Å²) in [6.45, 7) is 2.02. The molecular formula is C17H14FN5OS. The van der Waals surface area contributed by atoms with Crippen molar-refractivity contribution in [3.8, 4) is 11.3 Å². The summed E-state index contributed by atoms with van der Waals surface area (Å²) < 4.78 is 16.6. The maximum absolute atomic E-state index is 13.2. The van der Waals surface area contributed by atoms with E-state index >= 15 is 0 Å². The number of anilines is 1. The first-order valence-electron chi connectivity index (χ1n) is 7.60. The van der Waals surface area contributed by atoms with E-state index in [1.165, 1.54) is 23.5 Å². The average molecular weight is 355 g/mol. The van der Waals surface area contributed by atoms with Gasteiger partial charge < -0.3 is 5.32 Å². The van der Waals surface area contributed by atoms with E-state index in [4.69, 9.17) is 0 Å². The van der Waals surface area contributed by atoms with Crippen LogP contribution in [0, 0.1) is 12.7 Å². The lowest BCUT2D eigenvalue weighted by Crippen LogP contribution is -2.20. The number of aromatic nitrogens is 4. The quantitative estimate of drug-likeness (QED) is 0.611. The molecule has 0 radical (unpaired) electrons. The van der Waals surface area contributed by atoms with E-state index < -0.39 is 0 Å². The van der Waals surface area contributed by atoms with Crippen LogP contribution in [-0.4, -0.2) is 25.1 Å². The lowest BCUT2D eigenvalue weighted by Gasteiger charge is -2.07. The number of fused-ring (bicyclic) bond motifs is 1. The van der Waals surface area contributed by atoms with Gasteiger partial charge in [0.05, 0.1) is 6.20 Å². The maximum Gasteiger partial charge on any atom is 0.247 e. The predicted molar refractivity (Wildman–Crippen MR) is 94.1 cm³/mol. The molecular weight excluding hydrogens is 341 g/mol. The Morgan fingerprint density at radius 2 is 2.12 bits per heavy atom. The van der Waals surface area contributed by atoms with Gasteiger partial charge in [0.25, 0.3) is 0 Å². The molecule has 0 unspecified atom stereocenters. The molecule has 0 fully saturated rings. The summed E-state index contributed by atoms with van der Waals surface area (Å²) in [6.07, 6.45) is 5.35. The fourth-order valence-electron chi connectivity index (χ4n) is 2.59. The molecule has 0 spiro atoms. The fraction of sp³-hybridized carbons (Fsp3) is 0.118. The molecule has 0 bridgehead atoms. The monoisotopic (exact) mass is 355 g/mol. The van der Waals surface area contributed by atoms with Crippen LogP contribution in [0.1, 0.15) is 5.56 Å². The van der Waals surface area contributed by atoms with Gasteiger partial charge in [-0.25, -0.2) is 9.37 Å². The van der Waals surface area contributed by atoms with Gasteiger partial charge in [-0.3, -0.25) is 13.9 Å². The number of benzene rings is 1. The van der Waals surface area contributed by atoms with Crippen molar-refractivity contribution in [3.63, 3.8) is 0 Å². The molecule has 0 saturated heterocycles. The topological polar surface area (TPSA) is 64.2 Å². The molecule has 0 aliphatic carbocycles. The van der Waals surface area contributed by atoms with Gasteiger partial charge in [-0.15, -0.1) is 11.3 Å². The molecule has 1 N–H and O–H groups in total. The molecule has 3 heterocycles. The summed E-state index contributed by atoms with van der Waals surface area (Å²) in [7, 11) is 0. The molecule has 0 aliphatic heterocycles. The highest BCUT2D eigenvalue weighted by Crippen LogP contribution is 2.30. The summed E-state index contributed by atoms with van der Waals surface area (Å²) in [4.78, 5) is 17.7. The van der Waals surface area contributed by atoms with Crippen LogP contribution in [0.3, 0.4) is 0 Å². The molecule has 4 rings (SSSR count). The molecule has 6 nitrogen and oxygen atoms in total. The average Bonchev–Trinajstić information content (AvgIpc) is 3.27. The summed E-state index contributed by atoms with van der Waals surface area (Å²) in [5.41, 5.74) is 2.34. The van der Waals surface area contributed by atoms with Gasteiger partial charge in [0, 0.05) is 23.3 Å². The van der Waals surface area contributed by atoms with Crippen molar-refractivity contribution < 1.29 is 9.18 Å². The van der Waals surface area contributed by atoms with Crippen molar-refractivity contribution in [2.75, 3.05) is 5.32 Å². The van der Waals surface area contributed by atoms with Gasteiger partial charge in [0.2, 0.25) is 5.91 Å². The van der Waals surface area contributed by atoms with Crippen molar-refractivity contribution in [1.82, 2.24) is 19.2 Å². The van der Waals surface area contributed by atoms with Crippen LogP contribution in [0.4, 0.5) is 10.2 Å². The molecule has 1 aromatic carbocycles. The number of hydrogen-bond acceptors (Lipinski definition) is 4. The second kappa shape index (κ2) is 6.14. The first kappa shape index (κ1) is 15.5. The summed E-state index contributed by atoms with van der Waals surface area (Å²) in [6, 6.07) is 6.05. The van der Waals surface area contributed by atoms with Crippen LogP contribution in [0.25, 0.3) is 16.2 Å².